The number of carbonyl (C=O) groups is 1. The van der Waals surface area contributed by atoms with E-state index in [1.165, 1.54) is 5.56 Å². The predicted molar refractivity (Wildman–Crippen MR) is 97.7 cm³/mol. The predicted octanol–water partition coefficient (Wildman–Crippen LogP) is 2.92. The highest BCUT2D eigenvalue weighted by atomic mass is 16.5. The van der Waals surface area contributed by atoms with Crippen LogP contribution in [0.3, 0.4) is 0 Å². The van der Waals surface area contributed by atoms with E-state index in [0.717, 1.165) is 11.1 Å². The molecule has 0 bridgehead atoms. The number of methoxy groups -OCH3 is 3. The second kappa shape index (κ2) is 8.97. The first-order valence-electron chi connectivity index (χ1n) is 8.18. The summed E-state index contributed by atoms with van der Waals surface area (Å²) < 4.78 is 16.1. The fourth-order valence-corrected chi connectivity index (χ4v) is 2.61. The maximum Gasteiger partial charge on any atom is 0.224 e. The molecule has 134 valence electrons. The van der Waals surface area contributed by atoms with Gasteiger partial charge in [-0.05, 0) is 25.0 Å². The Bertz CT molecular complexity index is 710. The van der Waals surface area contributed by atoms with Crippen LogP contribution in [0.15, 0.2) is 36.4 Å². The third-order valence-electron chi connectivity index (χ3n) is 3.97. The van der Waals surface area contributed by atoms with Gasteiger partial charge in [0.05, 0.1) is 27.8 Å². The summed E-state index contributed by atoms with van der Waals surface area (Å²) in [6.45, 7) is 2.54. The van der Waals surface area contributed by atoms with Gasteiger partial charge in [0.15, 0.2) is 11.5 Å². The number of benzene rings is 2. The molecule has 2 aromatic carbocycles. The molecule has 0 aliphatic carbocycles. The average molecular weight is 343 g/mol. The number of hydrogen-bond acceptors (Lipinski definition) is 4. The fourth-order valence-electron chi connectivity index (χ4n) is 2.61. The van der Waals surface area contributed by atoms with Crippen molar-refractivity contribution in [2.45, 2.75) is 19.8 Å². The van der Waals surface area contributed by atoms with Crippen molar-refractivity contribution >= 4 is 5.91 Å². The van der Waals surface area contributed by atoms with Gasteiger partial charge in [0.1, 0.15) is 5.75 Å². The Morgan fingerprint density at radius 1 is 1.00 bits per heavy atom. The molecule has 2 aromatic rings. The van der Waals surface area contributed by atoms with Crippen LogP contribution in [-0.4, -0.2) is 33.8 Å². The molecule has 0 unspecified atom stereocenters. The summed E-state index contributed by atoms with van der Waals surface area (Å²) in [4.78, 5) is 12.1. The first kappa shape index (κ1) is 18.6. The molecule has 0 aromatic heterocycles. The van der Waals surface area contributed by atoms with Gasteiger partial charge in [0.25, 0.3) is 0 Å². The topological polar surface area (TPSA) is 56.8 Å². The van der Waals surface area contributed by atoms with E-state index in [1.54, 1.807) is 27.4 Å². The normalized spacial score (nSPS) is 10.2. The van der Waals surface area contributed by atoms with Crippen LogP contribution in [0.5, 0.6) is 17.2 Å². The zero-order valence-corrected chi connectivity index (χ0v) is 15.2. The maximum absolute atomic E-state index is 12.1. The van der Waals surface area contributed by atoms with Gasteiger partial charge >= 0.3 is 0 Å². The van der Waals surface area contributed by atoms with Crippen LogP contribution in [0.2, 0.25) is 0 Å². The molecular weight excluding hydrogens is 318 g/mol. The number of amides is 1. The van der Waals surface area contributed by atoms with Gasteiger partial charge in [-0.25, -0.2) is 0 Å². The van der Waals surface area contributed by atoms with Crippen LogP contribution in [0.1, 0.15) is 16.7 Å². The van der Waals surface area contributed by atoms with Crippen molar-refractivity contribution in [1.82, 2.24) is 5.32 Å². The lowest BCUT2D eigenvalue weighted by Gasteiger charge is -2.15. The minimum Gasteiger partial charge on any atom is -0.497 e. The number of rotatable bonds is 8. The van der Waals surface area contributed by atoms with Crippen molar-refractivity contribution in [3.8, 4) is 17.2 Å². The molecule has 0 atom stereocenters. The van der Waals surface area contributed by atoms with E-state index in [2.05, 4.69) is 5.32 Å². The Morgan fingerprint density at radius 2 is 1.72 bits per heavy atom. The monoisotopic (exact) mass is 343 g/mol. The molecule has 2 rings (SSSR count). The lowest BCUT2D eigenvalue weighted by Crippen LogP contribution is -2.27. The molecule has 5 nitrogen and oxygen atoms in total. The Hall–Kier alpha value is -2.69. The molecule has 0 spiro atoms. The Balaban J connectivity index is 1.96. The quantitative estimate of drug-likeness (QED) is 0.801. The SMILES string of the molecule is COc1cc(CCNC(=O)Cc2ccc(C)cc2)c(OC)c(OC)c1. The maximum atomic E-state index is 12.1. The van der Waals surface area contributed by atoms with Crippen molar-refractivity contribution < 1.29 is 19.0 Å². The zero-order valence-electron chi connectivity index (χ0n) is 15.2. The molecule has 0 heterocycles. The van der Waals surface area contributed by atoms with Crippen LogP contribution >= 0.6 is 0 Å². The Labute approximate surface area is 148 Å². The van der Waals surface area contributed by atoms with Crippen molar-refractivity contribution in [2.24, 2.45) is 0 Å². The van der Waals surface area contributed by atoms with Gasteiger partial charge in [0, 0.05) is 18.2 Å². The van der Waals surface area contributed by atoms with Crippen molar-refractivity contribution in [3.05, 3.63) is 53.1 Å². The third kappa shape index (κ3) is 5.14. The van der Waals surface area contributed by atoms with E-state index in [-0.39, 0.29) is 5.91 Å². The number of hydrogen-bond donors (Lipinski definition) is 1. The third-order valence-corrected chi connectivity index (χ3v) is 3.97. The van der Waals surface area contributed by atoms with Crippen LogP contribution in [-0.2, 0) is 17.6 Å². The van der Waals surface area contributed by atoms with Gasteiger partial charge in [0.2, 0.25) is 5.91 Å². The minimum absolute atomic E-state index is 0.00215. The first-order chi connectivity index (χ1) is 12.1. The number of aryl methyl sites for hydroxylation is 1. The van der Waals surface area contributed by atoms with Gasteiger partial charge in [-0.15, -0.1) is 0 Å². The van der Waals surface area contributed by atoms with Gasteiger partial charge in [-0.2, -0.15) is 0 Å². The zero-order chi connectivity index (χ0) is 18.2. The summed E-state index contributed by atoms with van der Waals surface area (Å²) >= 11 is 0. The lowest BCUT2D eigenvalue weighted by atomic mass is 10.1. The molecule has 0 saturated carbocycles. The smallest absolute Gasteiger partial charge is 0.224 e. The van der Waals surface area contributed by atoms with Crippen molar-refractivity contribution in [1.29, 1.82) is 0 Å². The largest absolute Gasteiger partial charge is 0.497 e. The molecule has 0 fully saturated rings. The van der Waals surface area contributed by atoms with E-state index < -0.39 is 0 Å². The summed E-state index contributed by atoms with van der Waals surface area (Å²) in [5.41, 5.74) is 3.11. The second-order valence-electron chi connectivity index (χ2n) is 5.78. The molecule has 25 heavy (non-hydrogen) atoms. The van der Waals surface area contributed by atoms with E-state index in [4.69, 9.17) is 14.2 Å². The molecule has 0 saturated heterocycles. The summed E-state index contributed by atoms with van der Waals surface area (Å²) in [6.07, 6.45) is 0.995. The van der Waals surface area contributed by atoms with Gasteiger partial charge < -0.3 is 19.5 Å². The van der Waals surface area contributed by atoms with E-state index >= 15 is 0 Å². The number of nitrogens with one attached hydrogen (secondary N) is 1. The summed E-state index contributed by atoms with van der Waals surface area (Å²) in [5.74, 6) is 1.97. The molecule has 0 aliphatic rings. The van der Waals surface area contributed by atoms with Crippen molar-refractivity contribution in [2.75, 3.05) is 27.9 Å². The van der Waals surface area contributed by atoms with Gasteiger partial charge in [-0.1, -0.05) is 29.8 Å². The summed E-state index contributed by atoms with van der Waals surface area (Å²) in [7, 11) is 4.79. The standard InChI is InChI=1S/C20H25NO4/c1-14-5-7-15(8-6-14)11-19(22)21-10-9-16-12-17(23-2)13-18(24-3)20(16)25-4/h5-8,12-13H,9-11H2,1-4H3,(H,21,22). The molecule has 5 heteroatoms. The van der Waals surface area contributed by atoms with Gasteiger partial charge in [-0.3, -0.25) is 4.79 Å². The van der Waals surface area contributed by atoms with Crippen LogP contribution in [0.25, 0.3) is 0 Å². The molecule has 0 radical (unpaired) electrons. The summed E-state index contributed by atoms with van der Waals surface area (Å²) in [6, 6.07) is 11.6. The number of ether oxygens (including phenoxy) is 3. The molecular formula is C20H25NO4. The molecule has 1 amide bonds. The molecule has 1 N–H and O–H groups in total. The Morgan fingerprint density at radius 3 is 2.32 bits per heavy atom. The van der Waals surface area contributed by atoms with Crippen LogP contribution in [0, 0.1) is 6.92 Å². The molecule has 0 aliphatic heterocycles. The van der Waals surface area contributed by atoms with Crippen LogP contribution in [0.4, 0.5) is 0 Å². The highest BCUT2D eigenvalue weighted by Gasteiger charge is 2.13. The highest BCUT2D eigenvalue weighted by molar-refractivity contribution is 5.78. The van der Waals surface area contributed by atoms with Crippen molar-refractivity contribution in [3.63, 3.8) is 0 Å². The highest BCUT2D eigenvalue weighted by Crippen LogP contribution is 2.35. The van der Waals surface area contributed by atoms with E-state index in [1.807, 2.05) is 37.3 Å². The summed E-state index contributed by atoms with van der Waals surface area (Å²) in [5, 5.41) is 2.94. The lowest BCUT2D eigenvalue weighted by molar-refractivity contribution is -0.120. The van der Waals surface area contributed by atoms with Crippen LogP contribution < -0.4 is 19.5 Å². The Kier molecular flexibility index (Phi) is 6.69. The van der Waals surface area contributed by atoms with E-state index in [9.17, 15) is 4.79 Å². The average Bonchev–Trinajstić information content (AvgIpc) is 2.62. The van der Waals surface area contributed by atoms with E-state index in [0.29, 0.717) is 36.6 Å². The number of carbonyl (C=O) groups excluding carboxylic acids is 1. The first-order valence-corrected chi connectivity index (χ1v) is 8.18. The minimum atomic E-state index is -0.00215. The fraction of sp³-hybridized carbons (Fsp3) is 0.350. The second-order valence-corrected chi connectivity index (χ2v) is 5.78.